The second-order valence-electron chi connectivity index (χ2n) is 5.03. The van der Waals surface area contributed by atoms with Gasteiger partial charge >= 0.3 is 0 Å². The average Bonchev–Trinajstić information content (AvgIpc) is 2.64. The lowest BCUT2D eigenvalue weighted by Gasteiger charge is -2.26. The molecule has 0 spiro atoms. The van der Waals surface area contributed by atoms with Gasteiger partial charge in [0.2, 0.25) is 0 Å². The molecule has 0 aromatic heterocycles. The van der Waals surface area contributed by atoms with Gasteiger partial charge in [0.15, 0.2) is 9.84 Å². The topological polar surface area (TPSA) is 54.4 Å². The molecule has 0 bridgehead atoms. The van der Waals surface area contributed by atoms with Gasteiger partial charge in [0.25, 0.3) is 0 Å². The molecular weight excluding hydrogens is 212 g/mol. The van der Waals surface area contributed by atoms with Crippen LogP contribution >= 0.6 is 0 Å². The maximum Gasteiger partial charge on any atom is 0.152 e. The lowest BCUT2D eigenvalue weighted by atomic mass is 9.84. The molecule has 1 rings (SSSR count). The van der Waals surface area contributed by atoms with E-state index >= 15 is 0 Å². The summed E-state index contributed by atoms with van der Waals surface area (Å²) in [6.45, 7) is 3.58. The minimum Gasteiger partial charge on any atom is -0.396 e. The van der Waals surface area contributed by atoms with Crippen LogP contribution in [0.3, 0.4) is 0 Å². The van der Waals surface area contributed by atoms with Crippen LogP contribution in [0.25, 0.3) is 0 Å². The predicted octanol–water partition coefficient (Wildman–Crippen LogP) is 1.75. The molecule has 1 saturated carbocycles. The molecule has 1 N–H and O–H groups in total. The van der Waals surface area contributed by atoms with Crippen molar-refractivity contribution in [3.8, 4) is 0 Å². The molecule has 0 heterocycles. The molecule has 0 unspecified atom stereocenters. The summed E-state index contributed by atoms with van der Waals surface area (Å²) >= 11 is 0. The van der Waals surface area contributed by atoms with Gasteiger partial charge in [-0.2, -0.15) is 0 Å². The molecule has 0 radical (unpaired) electrons. The van der Waals surface area contributed by atoms with E-state index < -0.39 is 9.84 Å². The van der Waals surface area contributed by atoms with E-state index in [2.05, 4.69) is 0 Å². The molecule has 0 aromatic rings. The lowest BCUT2D eigenvalue weighted by Crippen LogP contribution is -2.27. The second kappa shape index (κ2) is 4.83. The van der Waals surface area contributed by atoms with E-state index in [1.54, 1.807) is 13.8 Å². The van der Waals surface area contributed by atoms with Crippen molar-refractivity contribution < 1.29 is 13.5 Å². The van der Waals surface area contributed by atoms with Gasteiger partial charge in [0.05, 0.1) is 11.0 Å². The van der Waals surface area contributed by atoms with Gasteiger partial charge in [0, 0.05) is 6.61 Å². The minimum atomic E-state index is -2.95. The first kappa shape index (κ1) is 13.0. The fourth-order valence-electron chi connectivity index (χ4n) is 2.21. The summed E-state index contributed by atoms with van der Waals surface area (Å²) in [5, 5.41) is 9.06. The van der Waals surface area contributed by atoms with E-state index in [-0.39, 0.29) is 23.0 Å². The Bertz CT molecular complexity index is 287. The van der Waals surface area contributed by atoms with Crippen LogP contribution in [-0.4, -0.2) is 31.1 Å². The highest BCUT2D eigenvalue weighted by Crippen LogP contribution is 2.40. The summed E-state index contributed by atoms with van der Waals surface area (Å²) < 4.78 is 23.3. The zero-order chi connectivity index (χ0) is 11.5. The third-order valence-corrected chi connectivity index (χ3v) is 5.84. The first-order chi connectivity index (χ1) is 6.92. The molecule has 4 heteroatoms. The molecule has 3 nitrogen and oxygen atoms in total. The molecule has 0 aromatic carbocycles. The molecule has 1 aliphatic rings. The number of sulfone groups is 1. The van der Waals surface area contributed by atoms with Crippen LogP contribution in [0, 0.1) is 5.41 Å². The number of aliphatic hydroxyl groups excluding tert-OH is 1. The summed E-state index contributed by atoms with van der Waals surface area (Å²) in [4.78, 5) is 0. The zero-order valence-corrected chi connectivity index (χ0v) is 10.5. The smallest absolute Gasteiger partial charge is 0.152 e. The first-order valence-electron chi connectivity index (χ1n) is 5.74. The third-order valence-electron chi connectivity index (χ3n) is 3.63. The van der Waals surface area contributed by atoms with Crippen molar-refractivity contribution in [3.63, 3.8) is 0 Å². The Morgan fingerprint density at radius 1 is 1.27 bits per heavy atom. The number of rotatable bonds is 5. The first-order valence-corrected chi connectivity index (χ1v) is 7.46. The van der Waals surface area contributed by atoms with Crippen molar-refractivity contribution in [1.29, 1.82) is 0 Å². The second-order valence-corrected chi connectivity index (χ2v) is 7.71. The number of hydrogen-bond donors (Lipinski definition) is 1. The van der Waals surface area contributed by atoms with Crippen molar-refractivity contribution in [2.75, 3.05) is 12.4 Å². The molecule has 0 aliphatic heterocycles. The largest absolute Gasteiger partial charge is 0.396 e. The van der Waals surface area contributed by atoms with Crippen molar-refractivity contribution in [3.05, 3.63) is 0 Å². The normalized spacial score (nSPS) is 21.1. The summed E-state index contributed by atoms with van der Waals surface area (Å²) in [6.07, 6.45) is 4.85. The highest BCUT2D eigenvalue weighted by molar-refractivity contribution is 7.91. The highest BCUT2D eigenvalue weighted by atomic mass is 32.2. The van der Waals surface area contributed by atoms with Gasteiger partial charge in [0.1, 0.15) is 0 Å². The SMILES string of the molecule is CC(C)S(=O)(=O)CCC1(CO)CCCC1. The molecule has 1 aliphatic carbocycles. The summed E-state index contributed by atoms with van der Waals surface area (Å²) in [7, 11) is -2.95. The number of aliphatic hydroxyl groups is 1. The Labute approximate surface area is 92.8 Å². The van der Waals surface area contributed by atoms with Gasteiger partial charge in [-0.25, -0.2) is 8.42 Å². The maximum atomic E-state index is 11.7. The van der Waals surface area contributed by atoms with E-state index in [1.807, 2.05) is 0 Å². The van der Waals surface area contributed by atoms with E-state index in [9.17, 15) is 13.5 Å². The molecule has 0 atom stereocenters. The van der Waals surface area contributed by atoms with E-state index in [0.717, 1.165) is 25.7 Å². The van der Waals surface area contributed by atoms with Crippen molar-refractivity contribution in [2.45, 2.75) is 51.2 Å². The van der Waals surface area contributed by atoms with Gasteiger partial charge in [-0.3, -0.25) is 0 Å². The van der Waals surface area contributed by atoms with Crippen LogP contribution < -0.4 is 0 Å². The fraction of sp³-hybridized carbons (Fsp3) is 1.00. The van der Waals surface area contributed by atoms with Crippen LogP contribution in [0.5, 0.6) is 0 Å². The van der Waals surface area contributed by atoms with Gasteiger partial charge in [-0.05, 0) is 38.5 Å². The van der Waals surface area contributed by atoms with Crippen molar-refractivity contribution >= 4 is 9.84 Å². The maximum absolute atomic E-state index is 11.7. The van der Waals surface area contributed by atoms with Crippen LogP contribution in [-0.2, 0) is 9.84 Å². The van der Waals surface area contributed by atoms with Crippen LogP contribution in [0.2, 0.25) is 0 Å². The molecular formula is C11H22O3S. The van der Waals surface area contributed by atoms with Gasteiger partial charge < -0.3 is 5.11 Å². The monoisotopic (exact) mass is 234 g/mol. The van der Waals surface area contributed by atoms with E-state index in [1.165, 1.54) is 0 Å². The Hall–Kier alpha value is -0.0900. The Morgan fingerprint density at radius 2 is 1.80 bits per heavy atom. The lowest BCUT2D eigenvalue weighted by molar-refractivity contribution is 0.127. The molecule has 1 fully saturated rings. The molecule has 15 heavy (non-hydrogen) atoms. The van der Waals surface area contributed by atoms with Gasteiger partial charge in [-0.15, -0.1) is 0 Å². The van der Waals surface area contributed by atoms with Gasteiger partial charge in [-0.1, -0.05) is 12.8 Å². The molecule has 0 saturated heterocycles. The average molecular weight is 234 g/mol. The summed E-state index contributed by atoms with van der Waals surface area (Å²) in [5.41, 5.74) is -0.0953. The van der Waals surface area contributed by atoms with Crippen LogP contribution in [0.15, 0.2) is 0 Å². The van der Waals surface area contributed by atoms with E-state index in [4.69, 9.17) is 0 Å². The fourth-order valence-corrected chi connectivity index (χ4v) is 3.40. The standard InChI is InChI=1S/C11H22O3S/c1-10(2)15(13,14)8-7-11(9-12)5-3-4-6-11/h10,12H,3-9H2,1-2H3. The predicted molar refractivity (Wildman–Crippen MR) is 61.5 cm³/mol. The summed E-state index contributed by atoms with van der Waals surface area (Å²) in [5.74, 6) is 0.227. The number of hydrogen-bond acceptors (Lipinski definition) is 3. The minimum absolute atomic E-state index is 0.0953. The van der Waals surface area contributed by atoms with E-state index in [0.29, 0.717) is 6.42 Å². The van der Waals surface area contributed by atoms with Crippen LogP contribution in [0.4, 0.5) is 0 Å². The molecule has 90 valence electrons. The quantitative estimate of drug-likeness (QED) is 0.788. The zero-order valence-electron chi connectivity index (χ0n) is 9.70. The van der Waals surface area contributed by atoms with Crippen molar-refractivity contribution in [1.82, 2.24) is 0 Å². The van der Waals surface area contributed by atoms with Crippen molar-refractivity contribution in [2.24, 2.45) is 5.41 Å². The Morgan fingerprint density at radius 3 is 2.20 bits per heavy atom. The Balaban J connectivity index is 2.55. The summed E-state index contributed by atoms with van der Waals surface area (Å²) in [6, 6.07) is 0. The van der Waals surface area contributed by atoms with Crippen LogP contribution in [0.1, 0.15) is 46.0 Å². The third kappa shape index (κ3) is 3.18. The highest BCUT2D eigenvalue weighted by Gasteiger charge is 2.34. The Kier molecular flexibility index (Phi) is 4.18. The molecule has 0 amide bonds.